The van der Waals surface area contributed by atoms with E-state index < -0.39 is 11.5 Å². The van der Waals surface area contributed by atoms with Crippen molar-refractivity contribution in [2.24, 2.45) is 5.92 Å². The summed E-state index contributed by atoms with van der Waals surface area (Å²) in [5, 5.41) is 13.5. The van der Waals surface area contributed by atoms with Crippen LogP contribution in [-0.4, -0.2) is 36.1 Å². The number of carboxylic acid groups (broad SMARTS) is 1. The van der Waals surface area contributed by atoms with E-state index in [9.17, 15) is 9.90 Å². The first-order chi connectivity index (χ1) is 11.1. The van der Waals surface area contributed by atoms with Gasteiger partial charge in [0.15, 0.2) is 5.54 Å². The van der Waals surface area contributed by atoms with Crippen molar-refractivity contribution in [3.8, 4) is 0 Å². The number of nitrogens with zero attached hydrogens (tertiary/aromatic N) is 1. The molecule has 0 radical (unpaired) electrons. The summed E-state index contributed by atoms with van der Waals surface area (Å²) in [4.78, 5) is 14.6. The summed E-state index contributed by atoms with van der Waals surface area (Å²) < 4.78 is 0. The number of para-hydroxylation sites is 1. The van der Waals surface area contributed by atoms with Crippen molar-refractivity contribution < 1.29 is 9.90 Å². The van der Waals surface area contributed by atoms with Crippen molar-refractivity contribution in [1.82, 2.24) is 4.90 Å². The third-order valence-electron chi connectivity index (χ3n) is 4.69. The number of hydrogen-bond donors (Lipinski definition) is 2. The number of nitrogens with one attached hydrogen (secondary N) is 1. The third-order valence-corrected chi connectivity index (χ3v) is 4.69. The monoisotopic (exact) mass is 310 g/mol. The predicted molar refractivity (Wildman–Crippen MR) is 91.4 cm³/mol. The molecule has 2 atom stereocenters. The van der Waals surface area contributed by atoms with Gasteiger partial charge in [0, 0.05) is 18.2 Å². The predicted octanol–water partition coefficient (Wildman–Crippen LogP) is 3.03. The Hall–Kier alpha value is -2.33. The van der Waals surface area contributed by atoms with Crippen molar-refractivity contribution in [1.29, 1.82) is 0 Å². The molecule has 0 aliphatic carbocycles. The van der Waals surface area contributed by atoms with Gasteiger partial charge in [0.1, 0.15) is 0 Å². The molecule has 4 nitrogen and oxygen atoms in total. The van der Waals surface area contributed by atoms with Gasteiger partial charge in [-0.25, -0.2) is 4.79 Å². The van der Waals surface area contributed by atoms with Crippen LogP contribution in [0.1, 0.15) is 12.0 Å². The molecule has 4 heteroatoms. The summed E-state index contributed by atoms with van der Waals surface area (Å²) in [5.74, 6) is -0.819. The summed E-state index contributed by atoms with van der Waals surface area (Å²) in [6.07, 6.45) is 0.859. The van der Waals surface area contributed by atoms with Crippen LogP contribution in [0.5, 0.6) is 0 Å². The Kier molecular flexibility index (Phi) is 4.35. The topological polar surface area (TPSA) is 52.6 Å². The molecule has 1 fully saturated rings. The normalized spacial score (nSPS) is 20.8. The van der Waals surface area contributed by atoms with Gasteiger partial charge in [0.2, 0.25) is 0 Å². The van der Waals surface area contributed by atoms with Crippen molar-refractivity contribution in [3.05, 3.63) is 66.2 Å². The number of carboxylic acids is 1. The smallest absolute Gasteiger partial charge is 0.334 e. The van der Waals surface area contributed by atoms with Crippen LogP contribution in [0.4, 0.5) is 5.69 Å². The molecule has 2 aromatic carbocycles. The van der Waals surface area contributed by atoms with Crippen molar-refractivity contribution in [2.75, 3.05) is 25.5 Å². The zero-order chi connectivity index (χ0) is 16.3. The van der Waals surface area contributed by atoms with Gasteiger partial charge >= 0.3 is 5.97 Å². The Balaban J connectivity index is 2.08. The number of anilines is 1. The maximum absolute atomic E-state index is 12.4. The lowest BCUT2D eigenvalue weighted by Crippen LogP contribution is -2.50. The van der Waals surface area contributed by atoms with E-state index >= 15 is 0 Å². The largest absolute Gasteiger partial charge is 0.479 e. The zero-order valence-electron chi connectivity index (χ0n) is 13.3. The van der Waals surface area contributed by atoms with Crippen LogP contribution in [0.25, 0.3) is 0 Å². The molecule has 2 unspecified atom stereocenters. The lowest BCUT2D eigenvalue weighted by atomic mass is 9.77. The van der Waals surface area contributed by atoms with Crippen LogP contribution >= 0.6 is 0 Å². The second-order valence-corrected chi connectivity index (χ2v) is 6.22. The zero-order valence-corrected chi connectivity index (χ0v) is 13.3. The van der Waals surface area contributed by atoms with E-state index in [-0.39, 0.29) is 5.92 Å². The first-order valence-corrected chi connectivity index (χ1v) is 7.93. The lowest BCUT2D eigenvalue weighted by Gasteiger charge is -2.37. The van der Waals surface area contributed by atoms with Crippen molar-refractivity contribution in [2.45, 2.75) is 12.0 Å². The van der Waals surface area contributed by atoms with E-state index in [1.54, 1.807) is 0 Å². The highest BCUT2D eigenvalue weighted by molar-refractivity contribution is 5.85. The van der Waals surface area contributed by atoms with Gasteiger partial charge in [-0.3, -0.25) is 0 Å². The molecule has 120 valence electrons. The molecule has 1 heterocycles. The van der Waals surface area contributed by atoms with Crippen molar-refractivity contribution in [3.63, 3.8) is 0 Å². The summed E-state index contributed by atoms with van der Waals surface area (Å²) in [5.41, 5.74) is 0.512. The molecular formula is C19H22N2O2. The fourth-order valence-electron chi connectivity index (χ4n) is 3.50. The molecule has 0 spiro atoms. The number of carbonyl (C=O) groups is 1. The quantitative estimate of drug-likeness (QED) is 0.891. The molecule has 1 aliphatic heterocycles. The Morgan fingerprint density at radius 2 is 1.74 bits per heavy atom. The van der Waals surface area contributed by atoms with Gasteiger partial charge in [0.25, 0.3) is 0 Å². The molecular weight excluding hydrogens is 288 g/mol. The highest BCUT2D eigenvalue weighted by Gasteiger charge is 2.49. The van der Waals surface area contributed by atoms with E-state index in [4.69, 9.17) is 0 Å². The van der Waals surface area contributed by atoms with E-state index in [2.05, 4.69) is 10.2 Å². The summed E-state index contributed by atoms with van der Waals surface area (Å²) in [6, 6.07) is 19.1. The van der Waals surface area contributed by atoms with Gasteiger partial charge in [-0.05, 0) is 37.7 Å². The number of aliphatic carboxylic acids is 1. The molecule has 2 aromatic rings. The van der Waals surface area contributed by atoms with Crippen LogP contribution in [-0.2, 0) is 10.3 Å². The fourth-order valence-corrected chi connectivity index (χ4v) is 3.50. The minimum atomic E-state index is -1.12. The molecule has 0 aromatic heterocycles. The molecule has 1 saturated heterocycles. The summed E-state index contributed by atoms with van der Waals surface area (Å²) >= 11 is 0. The first kappa shape index (κ1) is 15.6. The highest BCUT2D eigenvalue weighted by atomic mass is 16.4. The Bertz CT molecular complexity index is 660. The Morgan fingerprint density at radius 1 is 1.13 bits per heavy atom. The number of likely N-dealkylation sites (tertiary alicyclic amines) is 1. The SMILES string of the molecule is CN1CCC(C(Nc2ccccc2)(C(=O)O)c2ccccc2)C1. The van der Waals surface area contributed by atoms with Crippen molar-refractivity contribution >= 4 is 11.7 Å². The first-order valence-electron chi connectivity index (χ1n) is 7.93. The Morgan fingerprint density at radius 3 is 2.26 bits per heavy atom. The Labute approximate surface area is 136 Å². The van der Waals surface area contributed by atoms with Crippen LogP contribution in [0.3, 0.4) is 0 Å². The molecule has 0 bridgehead atoms. The number of hydrogen-bond acceptors (Lipinski definition) is 3. The average Bonchev–Trinajstić information content (AvgIpc) is 3.01. The molecule has 2 N–H and O–H groups in total. The minimum absolute atomic E-state index is 0.00704. The van der Waals surface area contributed by atoms with E-state index in [1.165, 1.54) is 0 Å². The standard InChI is InChI=1S/C19H22N2O2/c1-21-13-12-16(14-21)19(18(22)23,15-8-4-2-5-9-15)20-17-10-6-3-7-11-17/h2-11,16,20H,12-14H2,1H3,(H,22,23). The second-order valence-electron chi connectivity index (χ2n) is 6.22. The van der Waals surface area contributed by atoms with Crippen LogP contribution < -0.4 is 5.32 Å². The molecule has 1 aliphatic rings. The van der Waals surface area contributed by atoms with E-state index in [0.717, 1.165) is 30.8 Å². The van der Waals surface area contributed by atoms with Gasteiger partial charge in [0.05, 0.1) is 0 Å². The van der Waals surface area contributed by atoms with Gasteiger partial charge < -0.3 is 15.3 Å². The molecule has 0 amide bonds. The summed E-state index contributed by atoms with van der Waals surface area (Å²) in [7, 11) is 2.04. The number of benzene rings is 2. The third kappa shape index (κ3) is 2.94. The van der Waals surface area contributed by atoms with Gasteiger partial charge in [-0.1, -0.05) is 48.5 Å². The maximum Gasteiger partial charge on any atom is 0.334 e. The minimum Gasteiger partial charge on any atom is -0.479 e. The molecule has 0 saturated carbocycles. The fraction of sp³-hybridized carbons (Fsp3) is 0.316. The molecule has 23 heavy (non-hydrogen) atoms. The summed E-state index contributed by atoms with van der Waals surface area (Å²) in [6.45, 7) is 1.68. The van der Waals surface area contributed by atoms with Crippen LogP contribution in [0.15, 0.2) is 60.7 Å². The maximum atomic E-state index is 12.4. The van der Waals surface area contributed by atoms with E-state index in [1.807, 2.05) is 67.7 Å². The number of rotatable bonds is 5. The van der Waals surface area contributed by atoms with Crippen LogP contribution in [0, 0.1) is 5.92 Å². The lowest BCUT2D eigenvalue weighted by molar-refractivity contribution is -0.144. The van der Waals surface area contributed by atoms with Crippen LogP contribution in [0.2, 0.25) is 0 Å². The van der Waals surface area contributed by atoms with E-state index in [0.29, 0.717) is 0 Å². The highest BCUT2D eigenvalue weighted by Crippen LogP contribution is 2.39. The van der Waals surface area contributed by atoms with Gasteiger partial charge in [-0.15, -0.1) is 0 Å². The molecule has 3 rings (SSSR count). The average molecular weight is 310 g/mol. The van der Waals surface area contributed by atoms with Gasteiger partial charge in [-0.2, -0.15) is 0 Å². The second kappa shape index (κ2) is 6.42.